The van der Waals surface area contributed by atoms with Gasteiger partial charge in [0.05, 0.1) is 12.9 Å². The van der Waals surface area contributed by atoms with Gasteiger partial charge >= 0.3 is 5.97 Å². The van der Waals surface area contributed by atoms with Crippen LogP contribution in [-0.4, -0.2) is 17.7 Å². The largest absolute Gasteiger partial charge is 0.501 e. The molecule has 0 aliphatic heterocycles. The van der Waals surface area contributed by atoms with Gasteiger partial charge in [0.25, 0.3) is 0 Å². The van der Waals surface area contributed by atoms with E-state index in [9.17, 15) is 4.79 Å². The Bertz CT molecular complexity index is 138. The lowest BCUT2D eigenvalue weighted by Crippen LogP contribution is -1.88. The van der Waals surface area contributed by atoms with Gasteiger partial charge in [0.2, 0.25) is 0 Å². The number of hydrogen-bond acceptors (Lipinski definition) is 2. The summed E-state index contributed by atoms with van der Waals surface area (Å²) in [5.74, 6) is -0.932. The van der Waals surface area contributed by atoms with Gasteiger partial charge in [-0.3, -0.25) is 0 Å². The summed E-state index contributed by atoms with van der Waals surface area (Å²) in [5.41, 5.74) is 0. The van der Waals surface area contributed by atoms with Crippen LogP contribution in [0.15, 0.2) is 25.0 Å². The van der Waals surface area contributed by atoms with E-state index in [1.807, 2.05) is 0 Å². The SMILES string of the molecule is C=COCCC=CC(=O)O. The summed E-state index contributed by atoms with van der Waals surface area (Å²) in [4.78, 5) is 9.88. The molecule has 0 heterocycles. The average molecular weight is 142 g/mol. The summed E-state index contributed by atoms with van der Waals surface area (Å²) in [6.07, 6.45) is 4.55. The Morgan fingerprint density at radius 3 is 2.90 bits per heavy atom. The predicted octanol–water partition coefficient (Wildman–Crippen LogP) is 1.18. The van der Waals surface area contributed by atoms with E-state index < -0.39 is 5.97 Å². The lowest BCUT2D eigenvalue weighted by molar-refractivity contribution is -0.131. The Morgan fingerprint density at radius 1 is 1.70 bits per heavy atom. The standard InChI is InChI=1S/C7H10O3/c1-2-10-6-4-3-5-7(8)9/h2-3,5H,1,4,6H2,(H,8,9). The van der Waals surface area contributed by atoms with Crippen LogP contribution in [0.1, 0.15) is 6.42 Å². The Balaban J connectivity index is 3.18. The quantitative estimate of drug-likeness (QED) is 0.356. The predicted molar refractivity (Wildman–Crippen MR) is 37.5 cm³/mol. The molecule has 0 aliphatic carbocycles. The fraction of sp³-hybridized carbons (Fsp3) is 0.286. The van der Waals surface area contributed by atoms with Crippen molar-refractivity contribution in [2.75, 3.05) is 6.61 Å². The zero-order chi connectivity index (χ0) is 7.82. The van der Waals surface area contributed by atoms with Crippen molar-refractivity contribution in [1.82, 2.24) is 0 Å². The Kier molecular flexibility index (Phi) is 5.14. The first-order valence-corrected chi connectivity index (χ1v) is 2.89. The minimum atomic E-state index is -0.932. The molecule has 0 radical (unpaired) electrons. The highest BCUT2D eigenvalue weighted by atomic mass is 16.5. The first kappa shape index (κ1) is 8.75. The topological polar surface area (TPSA) is 46.5 Å². The van der Waals surface area contributed by atoms with E-state index in [1.54, 1.807) is 0 Å². The maximum absolute atomic E-state index is 9.88. The molecule has 0 bridgehead atoms. The summed E-state index contributed by atoms with van der Waals surface area (Å²) in [7, 11) is 0. The number of carbonyl (C=O) groups is 1. The minimum absolute atomic E-state index is 0.479. The van der Waals surface area contributed by atoms with Gasteiger partial charge in [0.15, 0.2) is 0 Å². The van der Waals surface area contributed by atoms with Crippen LogP contribution in [0.4, 0.5) is 0 Å². The molecule has 0 aliphatic rings. The monoisotopic (exact) mass is 142 g/mol. The first-order valence-electron chi connectivity index (χ1n) is 2.89. The highest BCUT2D eigenvalue weighted by Gasteiger charge is 1.83. The zero-order valence-electron chi connectivity index (χ0n) is 5.62. The maximum atomic E-state index is 9.88. The van der Waals surface area contributed by atoms with Gasteiger partial charge in [-0.25, -0.2) is 4.79 Å². The molecule has 3 heteroatoms. The second-order valence-corrected chi connectivity index (χ2v) is 1.57. The van der Waals surface area contributed by atoms with Crippen LogP contribution in [0.3, 0.4) is 0 Å². The number of aliphatic carboxylic acids is 1. The fourth-order valence-corrected chi connectivity index (χ4v) is 0.404. The zero-order valence-corrected chi connectivity index (χ0v) is 5.62. The van der Waals surface area contributed by atoms with Gasteiger partial charge < -0.3 is 9.84 Å². The van der Waals surface area contributed by atoms with Crippen LogP contribution in [0.2, 0.25) is 0 Å². The summed E-state index contributed by atoms with van der Waals surface area (Å²) in [6, 6.07) is 0. The number of carboxylic acids is 1. The van der Waals surface area contributed by atoms with Crippen molar-refractivity contribution < 1.29 is 14.6 Å². The molecule has 0 spiro atoms. The second kappa shape index (κ2) is 5.88. The van der Waals surface area contributed by atoms with E-state index in [-0.39, 0.29) is 0 Å². The van der Waals surface area contributed by atoms with Crippen LogP contribution in [0, 0.1) is 0 Å². The normalized spacial score (nSPS) is 9.60. The maximum Gasteiger partial charge on any atom is 0.327 e. The first-order chi connectivity index (χ1) is 4.77. The molecule has 0 aromatic rings. The van der Waals surface area contributed by atoms with Crippen LogP contribution in [0.5, 0.6) is 0 Å². The Morgan fingerprint density at radius 2 is 2.40 bits per heavy atom. The third-order valence-electron chi connectivity index (χ3n) is 0.781. The molecule has 0 amide bonds. The number of ether oxygens (including phenoxy) is 1. The van der Waals surface area contributed by atoms with Crippen LogP contribution in [-0.2, 0) is 9.53 Å². The summed E-state index contributed by atoms with van der Waals surface area (Å²) < 4.78 is 4.74. The summed E-state index contributed by atoms with van der Waals surface area (Å²) >= 11 is 0. The summed E-state index contributed by atoms with van der Waals surface area (Å²) in [6.45, 7) is 3.81. The molecule has 0 rings (SSSR count). The van der Waals surface area contributed by atoms with Crippen molar-refractivity contribution in [3.63, 3.8) is 0 Å². The number of hydrogen-bond donors (Lipinski definition) is 1. The van der Waals surface area contributed by atoms with Gasteiger partial charge in [-0.1, -0.05) is 12.7 Å². The number of rotatable bonds is 5. The number of carboxylic acid groups (broad SMARTS) is 1. The molecule has 0 atom stereocenters. The lowest BCUT2D eigenvalue weighted by Gasteiger charge is -1.92. The molecule has 3 nitrogen and oxygen atoms in total. The molecular formula is C7H10O3. The molecular weight excluding hydrogens is 132 g/mol. The molecule has 10 heavy (non-hydrogen) atoms. The third kappa shape index (κ3) is 6.75. The van der Waals surface area contributed by atoms with Crippen molar-refractivity contribution in [2.24, 2.45) is 0 Å². The molecule has 0 aromatic carbocycles. The van der Waals surface area contributed by atoms with E-state index in [0.29, 0.717) is 13.0 Å². The van der Waals surface area contributed by atoms with E-state index >= 15 is 0 Å². The smallest absolute Gasteiger partial charge is 0.327 e. The minimum Gasteiger partial charge on any atom is -0.501 e. The van der Waals surface area contributed by atoms with Gasteiger partial charge in [-0.05, 0) is 6.42 Å². The van der Waals surface area contributed by atoms with Crippen molar-refractivity contribution in [3.8, 4) is 0 Å². The Labute approximate surface area is 59.6 Å². The fourth-order valence-electron chi connectivity index (χ4n) is 0.404. The molecule has 0 unspecified atom stereocenters. The highest BCUT2D eigenvalue weighted by molar-refractivity contribution is 5.79. The highest BCUT2D eigenvalue weighted by Crippen LogP contribution is 1.84. The van der Waals surface area contributed by atoms with Crippen molar-refractivity contribution in [2.45, 2.75) is 6.42 Å². The van der Waals surface area contributed by atoms with E-state index in [0.717, 1.165) is 6.08 Å². The van der Waals surface area contributed by atoms with Crippen molar-refractivity contribution in [3.05, 3.63) is 25.0 Å². The Hall–Kier alpha value is -1.25. The average Bonchev–Trinajstić information content (AvgIpc) is 1.87. The molecule has 0 aromatic heterocycles. The third-order valence-corrected chi connectivity index (χ3v) is 0.781. The van der Waals surface area contributed by atoms with E-state index in [2.05, 4.69) is 6.58 Å². The van der Waals surface area contributed by atoms with Crippen LogP contribution < -0.4 is 0 Å². The van der Waals surface area contributed by atoms with E-state index in [1.165, 1.54) is 12.3 Å². The molecule has 56 valence electrons. The van der Waals surface area contributed by atoms with Gasteiger partial charge in [0.1, 0.15) is 0 Å². The molecule has 0 fully saturated rings. The lowest BCUT2D eigenvalue weighted by atomic mass is 10.4. The molecule has 0 saturated carbocycles. The van der Waals surface area contributed by atoms with Gasteiger partial charge in [-0.15, -0.1) is 0 Å². The van der Waals surface area contributed by atoms with Gasteiger partial charge in [-0.2, -0.15) is 0 Å². The summed E-state index contributed by atoms with van der Waals surface area (Å²) in [5, 5.41) is 8.12. The van der Waals surface area contributed by atoms with Crippen LogP contribution in [0.25, 0.3) is 0 Å². The second-order valence-electron chi connectivity index (χ2n) is 1.57. The van der Waals surface area contributed by atoms with E-state index in [4.69, 9.17) is 9.84 Å². The van der Waals surface area contributed by atoms with Crippen molar-refractivity contribution in [1.29, 1.82) is 0 Å². The molecule has 1 N–H and O–H groups in total. The molecule has 0 saturated heterocycles. The van der Waals surface area contributed by atoms with Crippen LogP contribution >= 0.6 is 0 Å². The van der Waals surface area contributed by atoms with Crippen molar-refractivity contribution >= 4 is 5.97 Å². The van der Waals surface area contributed by atoms with Gasteiger partial charge in [0, 0.05) is 6.08 Å².